The van der Waals surface area contributed by atoms with E-state index in [1.165, 1.54) is 0 Å². The molecule has 6 heteroatoms. The van der Waals surface area contributed by atoms with Crippen molar-refractivity contribution in [3.05, 3.63) is 118 Å². The molecule has 0 unspecified atom stereocenters. The molecule has 0 fully saturated rings. The Morgan fingerprint density at radius 1 is 0.650 bits per heavy atom. The number of anilines is 2. The highest BCUT2D eigenvalue weighted by Crippen LogP contribution is 2.55. The number of amides is 1. The summed E-state index contributed by atoms with van der Waals surface area (Å²) in [7, 11) is 0. The Morgan fingerprint density at radius 2 is 1.15 bits per heavy atom. The second-order valence-corrected chi connectivity index (χ2v) is 10.3. The molecule has 1 heterocycles. The van der Waals surface area contributed by atoms with Crippen LogP contribution in [0, 0.1) is 27.7 Å². The normalized spacial score (nSPS) is 13.8. The lowest BCUT2D eigenvalue weighted by molar-refractivity contribution is -0.120. The summed E-state index contributed by atoms with van der Waals surface area (Å²) in [5.41, 5.74) is 6.76. The minimum Gasteiger partial charge on any atom is -0.491 e. The predicted octanol–water partition coefficient (Wildman–Crippen LogP) is 5.68. The number of para-hydroxylation sites is 2. The van der Waals surface area contributed by atoms with Gasteiger partial charge in [-0.3, -0.25) is 9.69 Å². The quantitative estimate of drug-likeness (QED) is 0.287. The fraction of sp³-hybridized carbons (Fsp3) is 0.265. The van der Waals surface area contributed by atoms with Crippen LogP contribution in [0.25, 0.3) is 0 Å². The summed E-state index contributed by atoms with van der Waals surface area (Å²) in [6, 6.07) is 25.8. The van der Waals surface area contributed by atoms with Crippen molar-refractivity contribution in [3.63, 3.8) is 0 Å². The van der Waals surface area contributed by atoms with Gasteiger partial charge in [0.1, 0.15) is 30.1 Å². The molecule has 1 amide bonds. The van der Waals surface area contributed by atoms with Crippen molar-refractivity contribution in [2.75, 3.05) is 31.3 Å². The highest BCUT2D eigenvalue weighted by Gasteiger charge is 2.55. The largest absolute Gasteiger partial charge is 0.491 e. The van der Waals surface area contributed by atoms with E-state index in [1.54, 1.807) is 0 Å². The second kappa shape index (κ2) is 11.2. The molecule has 4 aromatic carbocycles. The van der Waals surface area contributed by atoms with Gasteiger partial charge in [-0.15, -0.1) is 0 Å². The molecule has 0 saturated carbocycles. The van der Waals surface area contributed by atoms with E-state index >= 15 is 4.79 Å². The van der Waals surface area contributed by atoms with Gasteiger partial charge in [0.2, 0.25) is 0 Å². The fourth-order valence-electron chi connectivity index (χ4n) is 5.89. The van der Waals surface area contributed by atoms with Crippen LogP contribution >= 0.6 is 0 Å². The Hall–Kier alpha value is -4.13. The zero-order valence-corrected chi connectivity index (χ0v) is 23.4. The highest BCUT2D eigenvalue weighted by atomic mass is 16.5. The summed E-state index contributed by atoms with van der Waals surface area (Å²) in [5.74, 6) is 1.31. The highest BCUT2D eigenvalue weighted by molar-refractivity contribution is 6.17. The van der Waals surface area contributed by atoms with Crippen LogP contribution in [0.5, 0.6) is 11.5 Å². The first-order valence-electron chi connectivity index (χ1n) is 13.5. The number of aliphatic hydroxyl groups is 2. The van der Waals surface area contributed by atoms with Crippen LogP contribution in [-0.4, -0.2) is 42.5 Å². The smallest absolute Gasteiger partial charge is 0.251 e. The maximum absolute atomic E-state index is 15.1. The van der Waals surface area contributed by atoms with Gasteiger partial charge in [-0.05, 0) is 91.4 Å². The minimum absolute atomic E-state index is 0.0575. The van der Waals surface area contributed by atoms with Gasteiger partial charge in [-0.25, -0.2) is 0 Å². The number of hydrogen-bond acceptors (Lipinski definition) is 5. The van der Waals surface area contributed by atoms with E-state index in [9.17, 15) is 10.2 Å². The summed E-state index contributed by atoms with van der Waals surface area (Å²) in [4.78, 5) is 16.9. The van der Waals surface area contributed by atoms with E-state index in [0.29, 0.717) is 11.5 Å². The standard InChI is InChI=1S/C34H35NO5/c1-22-20-31(39-16-14-36)24(3)18-28(22)34(29-19-25(4)32(21-23(29)2)40-17-15-37)27-12-8-9-13-30(27)35(33(34)38)26-10-6-5-7-11-26/h5-13,18-21,36-37H,14-17H2,1-4H3. The van der Waals surface area contributed by atoms with Crippen LogP contribution < -0.4 is 14.4 Å². The average Bonchev–Trinajstić information content (AvgIpc) is 3.22. The molecule has 0 bridgehead atoms. The number of carbonyl (C=O) groups excluding carboxylic acids is 1. The third-order valence-electron chi connectivity index (χ3n) is 7.64. The van der Waals surface area contributed by atoms with Crippen molar-refractivity contribution in [2.45, 2.75) is 33.1 Å². The molecule has 4 aromatic rings. The molecule has 0 saturated heterocycles. The Labute approximate surface area is 235 Å². The molecule has 0 atom stereocenters. The van der Waals surface area contributed by atoms with Crippen LogP contribution in [-0.2, 0) is 10.2 Å². The van der Waals surface area contributed by atoms with Crippen molar-refractivity contribution in [2.24, 2.45) is 0 Å². The van der Waals surface area contributed by atoms with Crippen molar-refractivity contribution < 1.29 is 24.5 Å². The summed E-state index contributed by atoms with van der Waals surface area (Å²) < 4.78 is 11.6. The van der Waals surface area contributed by atoms with Crippen LogP contribution in [0.2, 0.25) is 0 Å². The lowest BCUT2D eigenvalue weighted by atomic mass is 9.67. The van der Waals surface area contributed by atoms with Gasteiger partial charge in [0.15, 0.2) is 0 Å². The molecule has 40 heavy (non-hydrogen) atoms. The number of rotatable bonds is 9. The van der Waals surface area contributed by atoms with Crippen LogP contribution in [0.3, 0.4) is 0 Å². The minimum atomic E-state index is -1.14. The van der Waals surface area contributed by atoms with E-state index < -0.39 is 5.41 Å². The van der Waals surface area contributed by atoms with E-state index in [4.69, 9.17) is 9.47 Å². The third-order valence-corrected chi connectivity index (χ3v) is 7.64. The van der Waals surface area contributed by atoms with E-state index in [0.717, 1.165) is 50.3 Å². The maximum Gasteiger partial charge on any atom is 0.251 e. The number of fused-ring (bicyclic) bond motifs is 1. The van der Waals surface area contributed by atoms with Gasteiger partial charge >= 0.3 is 0 Å². The summed E-state index contributed by atoms with van der Waals surface area (Å²) in [6.45, 7) is 8.18. The second-order valence-electron chi connectivity index (χ2n) is 10.3. The first kappa shape index (κ1) is 27.4. The Balaban J connectivity index is 1.84. The zero-order valence-electron chi connectivity index (χ0n) is 23.4. The number of hydrogen-bond donors (Lipinski definition) is 2. The summed E-state index contributed by atoms with van der Waals surface area (Å²) in [6.07, 6.45) is 0. The zero-order chi connectivity index (χ0) is 28.4. The van der Waals surface area contributed by atoms with E-state index in [-0.39, 0.29) is 32.3 Å². The molecular weight excluding hydrogens is 502 g/mol. The molecule has 6 nitrogen and oxygen atoms in total. The van der Waals surface area contributed by atoms with Crippen LogP contribution in [0.15, 0.2) is 78.9 Å². The summed E-state index contributed by atoms with van der Waals surface area (Å²) in [5, 5.41) is 18.6. The SMILES string of the molecule is Cc1cc(C2(c3cc(C)c(OCCO)cc3C)C(=O)N(c3ccccc3)c3ccccc32)c(C)cc1OCCO. The molecule has 0 aliphatic carbocycles. The van der Waals surface area contributed by atoms with Crippen LogP contribution in [0.1, 0.15) is 38.9 Å². The molecule has 5 rings (SSSR count). The molecule has 2 N–H and O–H groups in total. The third kappa shape index (κ3) is 4.43. The van der Waals surface area contributed by atoms with Gasteiger partial charge < -0.3 is 19.7 Å². The monoisotopic (exact) mass is 537 g/mol. The van der Waals surface area contributed by atoms with Crippen molar-refractivity contribution >= 4 is 17.3 Å². The fourth-order valence-corrected chi connectivity index (χ4v) is 5.89. The van der Waals surface area contributed by atoms with E-state index in [2.05, 4.69) is 12.1 Å². The van der Waals surface area contributed by atoms with Crippen LogP contribution in [0.4, 0.5) is 11.4 Å². The molecule has 1 aliphatic rings. The number of nitrogens with zero attached hydrogens (tertiary/aromatic N) is 1. The molecule has 0 aromatic heterocycles. The van der Waals surface area contributed by atoms with E-state index in [1.807, 2.05) is 99.3 Å². The Morgan fingerprint density at radius 3 is 1.68 bits per heavy atom. The molecule has 0 radical (unpaired) electrons. The molecule has 0 spiro atoms. The number of aliphatic hydroxyl groups excluding tert-OH is 2. The maximum atomic E-state index is 15.1. The number of benzene rings is 4. The van der Waals surface area contributed by atoms with Crippen molar-refractivity contribution in [1.29, 1.82) is 0 Å². The van der Waals surface area contributed by atoms with Crippen molar-refractivity contribution in [1.82, 2.24) is 0 Å². The first-order valence-corrected chi connectivity index (χ1v) is 13.5. The first-order chi connectivity index (χ1) is 19.3. The number of ether oxygens (including phenoxy) is 2. The topological polar surface area (TPSA) is 79.2 Å². The molecular formula is C34H35NO5. The molecule has 1 aliphatic heterocycles. The van der Waals surface area contributed by atoms with Gasteiger partial charge in [-0.1, -0.05) is 48.5 Å². The summed E-state index contributed by atoms with van der Waals surface area (Å²) >= 11 is 0. The van der Waals surface area contributed by atoms with Gasteiger partial charge in [0.25, 0.3) is 5.91 Å². The van der Waals surface area contributed by atoms with Crippen molar-refractivity contribution in [3.8, 4) is 11.5 Å². The Kier molecular flexibility index (Phi) is 7.66. The lowest BCUT2D eigenvalue weighted by Crippen LogP contribution is -2.41. The molecule has 206 valence electrons. The average molecular weight is 538 g/mol. The number of carbonyl (C=O) groups is 1. The predicted molar refractivity (Wildman–Crippen MR) is 157 cm³/mol. The lowest BCUT2D eigenvalue weighted by Gasteiger charge is -2.34. The number of aryl methyl sites for hydroxylation is 4. The Bertz CT molecular complexity index is 1480. The van der Waals surface area contributed by atoms with Gasteiger partial charge in [0, 0.05) is 11.3 Å². The van der Waals surface area contributed by atoms with Gasteiger partial charge in [-0.2, -0.15) is 0 Å². The van der Waals surface area contributed by atoms with Gasteiger partial charge in [0.05, 0.1) is 18.9 Å².